The number of hydrogen-bond acceptors (Lipinski definition) is 3. The number of esters is 1. The smallest absolute Gasteiger partial charge is 0.354 e. The van der Waals surface area contributed by atoms with Crippen LogP contribution in [0.25, 0.3) is 0 Å². The van der Waals surface area contributed by atoms with Gasteiger partial charge in [0.05, 0.1) is 12.8 Å². The molecule has 0 atom stereocenters. The number of ether oxygens (including phenoxy) is 1. The third-order valence-corrected chi connectivity index (χ3v) is 2.41. The van der Waals surface area contributed by atoms with Gasteiger partial charge in [0.2, 0.25) is 0 Å². The predicted octanol–water partition coefficient (Wildman–Crippen LogP) is 2.29. The second kappa shape index (κ2) is 4.60. The number of nitrogens with zero attached hydrogens (tertiary/aromatic N) is 1. The Hall–Kier alpha value is -1.45. The van der Waals surface area contributed by atoms with Gasteiger partial charge < -0.3 is 15.0 Å². The molecule has 90 valence electrons. The largest absolute Gasteiger partial charge is 0.464 e. The molecule has 0 saturated heterocycles. The fourth-order valence-corrected chi connectivity index (χ4v) is 1.45. The van der Waals surface area contributed by atoms with Crippen molar-refractivity contribution in [1.82, 2.24) is 4.57 Å². The lowest BCUT2D eigenvalue weighted by atomic mass is 9.92. The van der Waals surface area contributed by atoms with E-state index in [1.807, 2.05) is 4.57 Å². The third-order valence-electron chi connectivity index (χ3n) is 2.41. The van der Waals surface area contributed by atoms with Gasteiger partial charge in [-0.3, -0.25) is 0 Å². The van der Waals surface area contributed by atoms with E-state index in [0.717, 1.165) is 13.0 Å². The van der Waals surface area contributed by atoms with Crippen molar-refractivity contribution in [1.29, 1.82) is 0 Å². The summed E-state index contributed by atoms with van der Waals surface area (Å²) in [5.74, 6) is -0.342. The molecule has 0 unspecified atom stereocenters. The van der Waals surface area contributed by atoms with Gasteiger partial charge in [0.1, 0.15) is 5.69 Å². The van der Waals surface area contributed by atoms with Crippen LogP contribution in [0.2, 0.25) is 0 Å². The zero-order valence-corrected chi connectivity index (χ0v) is 10.4. The molecule has 0 bridgehead atoms. The topological polar surface area (TPSA) is 57.2 Å². The number of nitrogen functional groups attached to an aromatic ring is 1. The first-order valence-electron chi connectivity index (χ1n) is 5.37. The minimum Gasteiger partial charge on any atom is -0.464 e. The van der Waals surface area contributed by atoms with E-state index in [1.165, 1.54) is 7.11 Å². The molecule has 0 saturated carbocycles. The zero-order chi connectivity index (χ0) is 12.3. The number of rotatable bonds is 3. The Bertz CT molecular complexity index is 375. The summed E-state index contributed by atoms with van der Waals surface area (Å²) in [5, 5.41) is 0. The summed E-state index contributed by atoms with van der Waals surface area (Å²) >= 11 is 0. The van der Waals surface area contributed by atoms with Crippen LogP contribution < -0.4 is 5.73 Å². The van der Waals surface area contributed by atoms with Gasteiger partial charge in [0.25, 0.3) is 0 Å². The van der Waals surface area contributed by atoms with Crippen LogP contribution in [0.1, 0.15) is 37.7 Å². The van der Waals surface area contributed by atoms with Crippen molar-refractivity contribution in [2.75, 3.05) is 12.8 Å². The van der Waals surface area contributed by atoms with Gasteiger partial charge in [0.15, 0.2) is 0 Å². The number of aromatic nitrogens is 1. The fraction of sp³-hybridized carbons (Fsp3) is 0.583. The van der Waals surface area contributed by atoms with Crippen LogP contribution in [0.4, 0.5) is 5.69 Å². The molecule has 4 nitrogen and oxygen atoms in total. The zero-order valence-electron chi connectivity index (χ0n) is 10.4. The molecular formula is C12H20N2O2. The SMILES string of the molecule is COC(=O)c1cc(N)cn1CCC(C)(C)C. The van der Waals surface area contributed by atoms with Crippen molar-refractivity contribution in [3.63, 3.8) is 0 Å². The molecule has 0 radical (unpaired) electrons. The number of methoxy groups -OCH3 is 1. The summed E-state index contributed by atoms with van der Waals surface area (Å²) in [6.45, 7) is 7.26. The van der Waals surface area contributed by atoms with Gasteiger partial charge in [-0.2, -0.15) is 0 Å². The van der Waals surface area contributed by atoms with Crippen molar-refractivity contribution < 1.29 is 9.53 Å². The second-order valence-electron chi connectivity index (χ2n) is 5.15. The van der Waals surface area contributed by atoms with E-state index in [2.05, 4.69) is 20.8 Å². The normalized spacial score (nSPS) is 11.5. The van der Waals surface area contributed by atoms with Crippen molar-refractivity contribution >= 4 is 11.7 Å². The average molecular weight is 224 g/mol. The van der Waals surface area contributed by atoms with E-state index in [0.29, 0.717) is 11.4 Å². The molecule has 2 N–H and O–H groups in total. The summed E-state index contributed by atoms with van der Waals surface area (Å²) in [6.07, 6.45) is 2.75. The van der Waals surface area contributed by atoms with Gasteiger partial charge in [-0.1, -0.05) is 20.8 Å². The maximum absolute atomic E-state index is 11.5. The van der Waals surface area contributed by atoms with Crippen LogP contribution >= 0.6 is 0 Å². The Morgan fingerprint density at radius 2 is 2.12 bits per heavy atom. The summed E-state index contributed by atoms with van der Waals surface area (Å²) < 4.78 is 6.56. The van der Waals surface area contributed by atoms with E-state index in [4.69, 9.17) is 10.5 Å². The summed E-state index contributed by atoms with van der Waals surface area (Å²) in [6, 6.07) is 1.65. The molecule has 0 aliphatic carbocycles. The molecule has 0 amide bonds. The lowest BCUT2D eigenvalue weighted by Crippen LogP contribution is -2.14. The lowest BCUT2D eigenvalue weighted by molar-refractivity contribution is 0.0587. The molecule has 0 aliphatic rings. The summed E-state index contributed by atoms with van der Waals surface area (Å²) in [5.41, 5.74) is 7.02. The van der Waals surface area contributed by atoms with E-state index in [-0.39, 0.29) is 11.4 Å². The van der Waals surface area contributed by atoms with Gasteiger partial charge in [0, 0.05) is 12.7 Å². The van der Waals surface area contributed by atoms with E-state index in [9.17, 15) is 4.79 Å². The molecule has 1 rings (SSSR count). The van der Waals surface area contributed by atoms with Gasteiger partial charge in [-0.15, -0.1) is 0 Å². The second-order valence-corrected chi connectivity index (χ2v) is 5.15. The van der Waals surface area contributed by atoms with Crippen molar-refractivity contribution in [2.45, 2.75) is 33.7 Å². The molecule has 4 heteroatoms. The van der Waals surface area contributed by atoms with E-state index in [1.54, 1.807) is 12.3 Å². The van der Waals surface area contributed by atoms with Crippen LogP contribution in [-0.2, 0) is 11.3 Å². The number of carbonyl (C=O) groups excluding carboxylic acids is 1. The van der Waals surface area contributed by atoms with Crippen LogP contribution in [0, 0.1) is 5.41 Å². The van der Waals surface area contributed by atoms with Crippen LogP contribution in [0.15, 0.2) is 12.3 Å². The number of aryl methyl sites for hydroxylation is 1. The highest BCUT2D eigenvalue weighted by molar-refractivity contribution is 5.88. The monoisotopic (exact) mass is 224 g/mol. The molecule has 0 aromatic carbocycles. The maximum atomic E-state index is 11.5. The van der Waals surface area contributed by atoms with Crippen LogP contribution in [0.5, 0.6) is 0 Å². The molecule has 0 fully saturated rings. The Morgan fingerprint density at radius 3 is 2.62 bits per heavy atom. The van der Waals surface area contributed by atoms with Crippen LogP contribution in [0.3, 0.4) is 0 Å². The molecular weight excluding hydrogens is 204 g/mol. The molecule has 16 heavy (non-hydrogen) atoms. The molecule has 0 spiro atoms. The Morgan fingerprint density at radius 1 is 1.50 bits per heavy atom. The Balaban J connectivity index is 2.83. The standard InChI is InChI=1S/C12H20N2O2/c1-12(2,3)5-6-14-8-9(13)7-10(14)11(15)16-4/h7-8H,5-6,13H2,1-4H3. The van der Waals surface area contributed by atoms with Crippen molar-refractivity contribution in [2.24, 2.45) is 5.41 Å². The number of anilines is 1. The van der Waals surface area contributed by atoms with Crippen LogP contribution in [-0.4, -0.2) is 17.6 Å². The lowest BCUT2D eigenvalue weighted by Gasteiger charge is -2.19. The van der Waals surface area contributed by atoms with E-state index < -0.39 is 0 Å². The number of carbonyl (C=O) groups is 1. The molecule has 1 aromatic rings. The molecule has 1 heterocycles. The van der Waals surface area contributed by atoms with Gasteiger partial charge in [-0.25, -0.2) is 4.79 Å². The molecule has 1 aromatic heterocycles. The van der Waals surface area contributed by atoms with Crippen molar-refractivity contribution in [3.05, 3.63) is 18.0 Å². The minimum absolute atomic E-state index is 0.229. The Labute approximate surface area is 96.4 Å². The first-order chi connectivity index (χ1) is 7.33. The number of hydrogen-bond donors (Lipinski definition) is 1. The van der Waals surface area contributed by atoms with Gasteiger partial charge >= 0.3 is 5.97 Å². The Kier molecular flexibility index (Phi) is 3.62. The fourth-order valence-electron chi connectivity index (χ4n) is 1.45. The first-order valence-corrected chi connectivity index (χ1v) is 5.37. The maximum Gasteiger partial charge on any atom is 0.354 e. The summed E-state index contributed by atoms with van der Waals surface area (Å²) in [7, 11) is 1.37. The highest BCUT2D eigenvalue weighted by atomic mass is 16.5. The third kappa shape index (κ3) is 3.29. The predicted molar refractivity (Wildman–Crippen MR) is 64.3 cm³/mol. The number of nitrogens with two attached hydrogens (primary N) is 1. The molecule has 0 aliphatic heterocycles. The first kappa shape index (κ1) is 12.6. The average Bonchev–Trinajstić information content (AvgIpc) is 2.54. The van der Waals surface area contributed by atoms with E-state index >= 15 is 0 Å². The highest BCUT2D eigenvalue weighted by Gasteiger charge is 2.16. The summed E-state index contributed by atoms with van der Waals surface area (Å²) in [4.78, 5) is 11.5. The minimum atomic E-state index is -0.342. The quantitative estimate of drug-likeness (QED) is 0.801. The van der Waals surface area contributed by atoms with Gasteiger partial charge in [-0.05, 0) is 17.9 Å². The highest BCUT2D eigenvalue weighted by Crippen LogP contribution is 2.21. The van der Waals surface area contributed by atoms with Crippen molar-refractivity contribution in [3.8, 4) is 0 Å².